The molecule has 0 N–H and O–H groups in total. The van der Waals surface area contributed by atoms with Gasteiger partial charge < -0.3 is 4.74 Å². The van der Waals surface area contributed by atoms with Crippen molar-refractivity contribution in [3.8, 4) is 5.75 Å². The number of pyridine rings is 1. The molecule has 0 saturated heterocycles. The fourth-order valence-corrected chi connectivity index (χ4v) is 1.79. The van der Waals surface area contributed by atoms with Crippen LogP contribution in [-0.2, 0) is 6.42 Å². The maximum absolute atomic E-state index is 5.60. The van der Waals surface area contributed by atoms with Gasteiger partial charge in [0.25, 0.3) is 0 Å². The van der Waals surface area contributed by atoms with Crippen molar-refractivity contribution in [1.82, 2.24) is 4.98 Å². The Kier molecular flexibility index (Phi) is 9.29. The number of nitrogens with zero attached hydrogens (tertiary/aromatic N) is 1. The first kappa shape index (κ1) is 16.5. The van der Waals surface area contributed by atoms with Crippen LogP contribution < -0.4 is 4.74 Å². The summed E-state index contributed by atoms with van der Waals surface area (Å²) >= 11 is 0. The average Bonchev–Trinajstić information content (AvgIpc) is 2.50. The SMILES string of the molecule is CCCC/C=C/CC/C=C/COc1ccc(CC)nc1. The van der Waals surface area contributed by atoms with Crippen LogP contribution in [-0.4, -0.2) is 11.6 Å². The summed E-state index contributed by atoms with van der Waals surface area (Å²) in [4.78, 5) is 4.30. The van der Waals surface area contributed by atoms with E-state index in [0.717, 1.165) is 30.7 Å². The van der Waals surface area contributed by atoms with Gasteiger partial charge in [0.15, 0.2) is 0 Å². The third-order valence-corrected chi connectivity index (χ3v) is 3.06. The molecule has 0 bridgehead atoms. The lowest BCUT2D eigenvalue weighted by Crippen LogP contribution is -1.95. The Morgan fingerprint density at radius 1 is 1.00 bits per heavy atom. The molecular formula is C18H27NO. The zero-order valence-corrected chi connectivity index (χ0v) is 12.8. The van der Waals surface area contributed by atoms with Gasteiger partial charge in [0.05, 0.1) is 6.20 Å². The molecule has 1 aromatic rings. The number of allylic oxidation sites excluding steroid dienone is 3. The fourth-order valence-electron chi connectivity index (χ4n) is 1.79. The molecule has 1 heterocycles. The van der Waals surface area contributed by atoms with Gasteiger partial charge in [0, 0.05) is 5.69 Å². The summed E-state index contributed by atoms with van der Waals surface area (Å²) in [5.74, 6) is 0.839. The van der Waals surface area contributed by atoms with Gasteiger partial charge in [0.1, 0.15) is 12.4 Å². The molecule has 0 unspecified atom stereocenters. The Hall–Kier alpha value is -1.57. The van der Waals surface area contributed by atoms with Crippen LogP contribution in [0.4, 0.5) is 0 Å². The van der Waals surface area contributed by atoms with Gasteiger partial charge in [-0.15, -0.1) is 0 Å². The van der Waals surface area contributed by atoms with Crippen molar-refractivity contribution in [1.29, 1.82) is 0 Å². The second-order valence-electron chi connectivity index (χ2n) is 4.81. The maximum Gasteiger partial charge on any atom is 0.138 e. The summed E-state index contributed by atoms with van der Waals surface area (Å²) in [6.07, 6.45) is 17.6. The van der Waals surface area contributed by atoms with Crippen molar-refractivity contribution < 1.29 is 4.74 Å². The number of aromatic nitrogens is 1. The fraction of sp³-hybridized carbons (Fsp3) is 0.500. The molecule has 2 nitrogen and oxygen atoms in total. The van der Waals surface area contributed by atoms with E-state index in [1.165, 1.54) is 19.3 Å². The lowest BCUT2D eigenvalue weighted by molar-refractivity contribution is 0.360. The lowest BCUT2D eigenvalue weighted by atomic mass is 10.2. The predicted octanol–water partition coefficient (Wildman–Crippen LogP) is 5.11. The first-order valence-electron chi connectivity index (χ1n) is 7.74. The van der Waals surface area contributed by atoms with Crippen LogP contribution in [0.5, 0.6) is 5.75 Å². The minimum Gasteiger partial charge on any atom is -0.488 e. The second-order valence-corrected chi connectivity index (χ2v) is 4.81. The summed E-state index contributed by atoms with van der Waals surface area (Å²) < 4.78 is 5.60. The van der Waals surface area contributed by atoms with Crippen molar-refractivity contribution in [3.63, 3.8) is 0 Å². The number of hydrogen-bond acceptors (Lipinski definition) is 2. The molecule has 20 heavy (non-hydrogen) atoms. The van der Waals surface area contributed by atoms with Crippen molar-refractivity contribution in [2.24, 2.45) is 0 Å². The normalized spacial score (nSPS) is 11.5. The highest BCUT2D eigenvalue weighted by Gasteiger charge is 1.93. The van der Waals surface area contributed by atoms with E-state index in [1.54, 1.807) is 6.20 Å². The Balaban J connectivity index is 2.07. The van der Waals surface area contributed by atoms with E-state index >= 15 is 0 Å². The van der Waals surface area contributed by atoms with Crippen LogP contribution in [0.1, 0.15) is 51.6 Å². The third kappa shape index (κ3) is 7.78. The molecule has 0 radical (unpaired) electrons. The van der Waals surface area contributed by atoms with Gasteiger partial charge in [-0.25, -0.2) is 0 Å². The highest BCUT2D eigenvalue weighted by molar-refractivity contribution is 5.20. The Morgan fingerprint density at radius 3 is 2.40 bits per heavy atom. The summed E-state index contributed by atoms with van der Waals surface area (Å²) in [7, 11) is 0. The van der Waals surface area contributed by atoms with Gasteiger partial charge in [-0.1, -0.05) is 51.0 Å². The van der Waals surface area contributed by atoms with Gasteiger partial charge >= 0.3 is 0 Å². The van der Waals surface area contributed by atoms with E-state index < -0.39 is 0 Å². The standard InChI is InChI=1S/C18H27NO/c1-3-5-6-7-8-9-10-11-12-15-20-18-14-13-17(4-2)19-16-18/h7-8,11-14,16H,3-6,9-10,15H2,1-2H3/b8-7+,12-11+. The minimum absolute atomic E-state index is 0.618. The zero-order valence-electron chi connectivity index (χ0n) is 12.8. The first-order chi connectivity index (χ1) is 9.86. The molecule has 0 saturated carbocycles. The zero-order chi connectivity index (χ0) is 14.5. The van der Waals surface area contributed by atoms with Crippen molar-refractivity contribution >= 4 is 0 Å². The third-order valence-electron chi connectivity index (χ3n) is 3.06. The van der Waals surface area contributed by atoms with Crippen LogP contribution >= 0.6 is 0 Å². The number of unbranched alkanes of at least 4 members (excludes halogenated alkanes) is 3. The average molecular weight is 273 g/mol. The van der Waals surface area contributed by atoms with Crippen molar-refractivity contribution in [3.05, 3.63) is 48.3 Å². The van der Waals surface area contributed by atoms with Crippen LogP contribution in [0.25, 0.3) is 0 Å². The maximum atomic E-state index is 5.60. The molecule has 0 atom stereocenters. The number of aryl methyl sites for hydroxylation is 1. The predicted molar refractivity (Wildman–Crippen MR) is 86.1 cm³/mol. The van der Waals surface area contributed by atoms with Crippen LogP contribution in [0, 0.1) is 0 Å². The molecule has 1 aromatic heterocycles. The topological polar surface area (TPSA) is 22.1 Å². The van der Waals surface area contributed by atoms with E-state index in [9.17, 15) is 0 Å². The summed E-state index contributed by atoms with van der Waals surface area (Å²) in [5, 5.41) is 0. The Labute approximate surface area is 123 Å². The lowest BCUT2D eigenvalue weighted by Gasteiger charge is -2.02. The molecule has 0 amide bonds. The second kappa shape index (κ2) is 11.3. The van der Waals surface area contributed by atoms with Crippen LogP contribution in [0.15, 0.2) is 42.6 Å². The first-order valence-corrected chi connectivity index (χ1v) is 7.74. The molecule has 0 aliphatic rings. The van der Waals surface area contributed by atoms with Gasteiger partial charge in [0.2, 0.25) is 0 Å². The van der Waals surface area contributed by atoms with E-state index in [4.69, 9.17) is 4.74 Å². The summed E-state index contributed by atoms with van der Waals surface area (Å²) in [5.41, 5.74) is 1.10. The van der Waals surface area contributed by atoms with Gasteiger partial charge in [-0.3, -0.25) is 4.98 Å². The van der Waals surface area contributed by atoms with Crippen molar-refractivity contribution in [2.75, 3.05) is 6.61 Å². The Morgan fingerprint density at radius 2 is 1.75 bits per heavy atom. The van der Waals surface area contributed by atoms with Crippen LogP contribution in [0.3, 0.4) is 0 Å². The molecular weight excluding hydrogens is 246 g/mol. The number of hydrogen-bond donors (Lipinski definition) is 0. The number of rotatable bonds is 10. The molecule has 1 rings (SSSR count). The van der Waals surface area contributed by atoms with Crippen molar-refractivity contribution in [2.45, 2.75) is 52.4 Å². The molecule has 0 fully saturated rings. The molecule has 0 aliphatic heterocycles. The van der Waals surface area contributed by atoms with Crippen LogP contribution in [0.2, 0.25) is 0 Å². The molecule has 2 heteroatoms. The van der Waals surface area contributed by atoms with E-state index in [2.05, 4.69) is 43.1 Å². The largest absolute Gasteiger partial charge is 0.488 e. The molecule has 0 spiro atoms. The Bertz CT molecular complexity index is 392. The number of ether oxygens (including phenoxy) is 1. The van der Waals surface area contributed by atoms with E-state index in [0.29, 0.717) is 6.61 Å². The monoisotopic (exact) mass is 273 g/mol. The highest BCUT2D eigenvalue weighted by Crippen LogP contribution is 2.09. The minimum atomic E-state index is 0.618. The smallest absolute Gasteiger partial charge is 0.138 e. The molecule has 0 aromatic carbocycles. The van der Waals surface area contributed by atoms with E-state index in [-0.39, 0.29) is 0 Å². The van der Waals surface area contributed by atoms with Gasteiger partial charge in [-0.2, -0.15) is 0 Å². The summed E-state index contributed by atoms with van der Waals surface area (Å²) in [6.45, 7) is 4.94. The summed E-state index contributed by atoms with van der Waals surface area (Å²) in [6, 6.07) is 4.00. The van der Waals surface area contributed by atoms with E-state index in [1.807, 2.05) is 12.1 Å². The molecule has 0 aliphatic carbocycles. The molecule has 110 valence electrons. The quantitative estimate of drug-likeness (QED) is 0.437. The highest BCUT2D eigenvalue weighted by atomic mass is 16.5. The van der Waals surface area contributed by atoms with Gasteiger partial charge in [-0.05, 0) is 37.8 Å².